The van der Waals surface area contributed by atoms with Crippen LogP contribution < -0.4 is 0 Å². The Labute approximate surface area is 92.7 Å². The molecule has 0 saturated carbocycles. The van der Waals surface area contributed by atoms with Gasteiger partial charge < -0.3 is 4.74 Å². The molecule has 0 spiro atoms. The zero-order valence-electron chi connectivity index (χ0n) is 10.3. The molecule has 0 aromatic heterocycles. The lowest BCUT2D eigenvalue weighted by Crippen LogP contribution is -2.32. The van der Waals surface area contributed by atoms with E-state index in [2.05, 4.69) is 26.8 Å². The van der Waals surface area contributed by atoms with Crippen LogP contribution in [-0.2, 0) is 9.53 Å². The van der Waals surface area contributed by atoms with E-state index in [0.29, 0.717) is 12.5 Å². The second-order valence-electron chi connectivity index (χ2n) is 5.02. The second-order valence-corrected chi connectivity index (χ2v) is 5.02. The highest BCUT2D eigenvalue weighted by Gasteiger charge is 2.34. The van der Waals surface area contributed by atoms with Crippen molar-refractivity contribution >= 4 is 5.97 Å². The molecule has 2 nitrogen and oxygen atoms in total. The fraction of sp³-hybridized carbons (Fsp3) is 0.769. The first-order valence-corrected chi connectivity index (χ1v) is 5.79. The van der Waals surface area contributed by atoms with Crippen molar-refractivity contribution in [1.29, 1.82) is 0 Å². The molecule has 1 aliphatic rings. The molecule has 1 atom stereocenters. The molecule has 0 saturated heterocycles. The minimum Gasteiger partial charge on any atom is -0.465 e. The average molecular weight is 210 g/mol. The van der Waals surface area contributed by atoms with Gasteiger partial charge in [0.2, 0.25) is 0 Å². The number of allylic oxidation sites excluding steroid dienone is 1. The van der Waals surface area contributed by atoms with Gasteiger partial charge >= 0.3 is 5.97 Å². The predicted molar refractivity (Wildman–Crippen MR) is 61.5 cm³/mol. The maximum absolute atomic E-state index is 10.9. The molecule has 1 rings (SSSR count). The van der Waals surface area contributed by atoms with Crippen LogP contribution in [0.15, 0.2) is 11.6 Å². The second kappa shape index (κ2) is 4.82. The minimum absolute atomic E-state index is 0.174. The molecule has 0 bridgehead atoms. The Hall–Kier alpha value is -0.790. The van der Waals surface area contributed by atoms with Gasteiger partial charge in [-0.05, 0) is 24.7 Å². The van der Waals surface area contributed by atoms with Crippen LogP contribution in [0.3, 0.4) is 0 Å². The lowest BCUT2D eigenvalue weighted by molar-refractivity contribution is -0.143. The molecule has 2 heteroatoms. The smallest absolute Gasteiger partial charge is 0.302 e. The SMILES string of the molecule is CCC1=CCCC(C)(C)C1COC(C)=O. The summed E-state index contributed by atoms with van der Waals surface area (Å²) in [5.74, 6) is 0.229. The quantitative estimate of drug-likeness (QED) is 0.527. The Bertz CT molecular complexity index is 264. The number of hydrogen-bond acceptors (Lipinski definition) is 2. The van der Waals surface area contributed by atoms with E-state index in [1.54, 1.807) is 0 Å². The standard InChI is InChI=1S/C13H22O2/c1-5-11-7-6-8-13(3,4)12(11)9-15-10(2)14/h7,12H,5-6,8-9H2,1-4H3. The van der Waals surface area contributed by atoms with Crippen LogP contribution in [0, 0.1) is 11.3 Å². The monoisotopic (exact) mass is 210 g/mol. The van der Waals surface area contributed by atoms with E-state index in [9.17, 15) is 4.79 Å². The molecule has 0 aliphatic heterocycles. The Balaban J connectivity index is 2.73. The van der Waals surface area contributed by atoms with Gasteiger partial charge in [0.15, 0.2) is 0 Å². The molecule has 1 aliphatic carbocycles. The number of carbonyl (C=O) groups is 1. The molecule has 0 heterocycles. The van der Waals surface area contributed by atoms with E-state index in [-0.39, 0.29) is 11.4 Å². The van der Waals surface area contributed by atoms with Gasteiger partial charge in [0, 0.05) is 12.8 Å². The van der Waals surface area contributed by atoms with E-state index in [1.165, 1.54) is 18.9 Å². The lowest BCUT2D eigenvalue weighted by atomic mass is 9.68. The van der Waals surface area contributed by atoms with Crippen LogP contribution in [0.1, 0.15) is 47.0 Å². The fourth-order valence-corrected chi connectivity index (χ4v) is 2.37. The normalized spacial score (nSPS) is 24.5. The number of carbonyl (C=O) groups excluding carboxylic acids is 1. The number of rotatable bonds is 3. The maximum atomic E-state index is 10.9. The molecular weight excluding hydrogens is 188 g/mol. The van der Waals surface area contributed by atoms with E-state index < -0.39 is 0 Å². The van der Waals surface area contributed by atoms with Gasteiger partial charge in [-0.25, -0.2) is 0 Å². The van der Waals surface area contributed by atoms with Gasteiger partial charge in [-0.15, -0.1) is 0 Å². The van der Waals surface area contributed by atoms with Crippen LogP contribution >= 0.6 is 0 Å². The van der Waals surface area contributed by atoms with Gasteiger partial charge in [-0.2, -0.15) is 0 Å². The van der Waals surface area contributed by atoms with Crippen molar-refractivity contribution in [2.75, 3.05) is 6.61 Å². The predicted octanol–water partition coefficient (Wildman–Crippen LogP) is 3.32. The van der Waals surface area contributed by atoms with Crippen molar-refractivity contribution in [3.05, 3.63) is 11.6 Å². The lowest BCUT2D eigenvalue weighted by Gasteiger charge is -2.38. The van der Waals surface area contributed by atoms with Crippen molar-refractivity contribution in [1.82, 2.24) is 0 Å². The zero-order chi connectivity index (χ0) is 11.5. The Morgan fingerprint density at radius 3 is 2.80 bits per heavy atom. The van der Waals surface area contributed by atoms with Crippen LogP contribution in [0.25, 0.3) is 0 Å². The Kier molecular flexibility index (Phi) is 3.95. The summed E-state index contributed by atoms with van der Waals surface area (Å²) in [7, 11) is 0. The van der Waals surface area contributed by atoms with Crippen molar-refractivity contribution in [3.63, 3.8) is 0 Å². The summed E-state index contributed by atoms with van der Waals surface area (Å²) < 4.78 is 5.17. The van der Waals surface area contributed by atoms with Crippen molar-refractivity contribution in [2.24, 2.45) is 11.3 Å². The van der Waals surface area contributed by atoms with Crippen LogP contribution in [0.4, 0.5) is 0 Å². The molecular formula is C13H22O2. The largest absolute Gasteiger partial charge is 0.465 e. The van der Waals surface area contributed by atoms with E-state index in [0.717, 1.165) is 12.8 Å². The number of ether oxygens (including phenoxy) is 1. The summed E-state index contributed by atoms with van der Waals surface area (Å²) in [6.45, 7) is 8.73. The summed E-state index contributed by atoms with van der Waals surface area (Å²) in [5.41, 5.74) is 1.71. The van der Waals surface area contributed by atoms with E-state index in [1.807, 2.05) is 0 Å². The third-order valence-corrected chi connectivity index (χ3v) is 3.45. The van der Waals surface area contributed by atoms with Gasteiger partial charge in [-0.1, -0.05) is 32.4 Å². The summed E-state index contributed by atoms with van der Waals surface area (Å²) in [4.78, 5) is 10.9. The number of hydrogen-bond donors (Lipinski definition) is 0. The molecule has 0 N–H and O–H groups in total. The van der Waals surface area contributed by atoms with Crippen molar-refractivity contribution in [2.45, 2.75) is 47.0 Å². The maximum Gasteiger partial charge on any atom is 0.302 e. The summed E-state index contributed by atoms with van der Waals surface area (Å²) >= 11 is 0. The molecule has 0 fully saturated rings. The summed E-state index contributed by atoms with van der Waals surface area (Å²) in [6.07, 6.45) is 5.73. The summed E-state index contributed by atoms with van der Waals surface area (Å²) in [6, 6.07) is 0. The summed E-state index contributed by atoms with van der Waals surface area (Å²) in [5, 5.41) is 0. The van der Waals surface area contributed by atoms with Crippen LogP contribution in [0.2, 0.25) is 0 Å². The zero-order valence-corrected chi connectivity index (χ0v) is 10.3. The van der Waals surface area contributed by atoms with Gasteiger partial charge in [0.25, 0.3) is 0 Å². The molecule has 0 amide bonds. The molecule has 1 unspecified atom stereocenters. The average Bonchev–Trinajstić information content (AvgIpc) is 2.14. The highest BCUT2D eigenvalue weighted by Crippen LogP contribution is 2.42. The first kappa shape index (κ1) is 12.3. The first-order valence-electron chi connectivity index (χ1n) is 5.79. The van der Waals surface area contributed by atoms with Crippen LogP contribution in [0.5, 0.6) is 0 Å². The minimum atomic E-state index is -0.174. The Morgan fingerprint density at radius 1 is 1.60 bits per heavy atom. The fourth-order valence-electron chi connectivity index (χ4n) is 2.37. The molecule has 0 aromatic carbocycles. The van der Waals surface area contributed by atoms with Crippen molar-refractivity contribution in [3.8, 4) is 0 Å². The highest BCUT2D eigenvalue weighted by atomic mass is 16.5. The third-order valence-electron chi connectivity index (χ3n) is 3.45. The molecule has 15 heavy (non-hydrogen) atoms. The molecule has 86 valence electrons. The van der Waals surface area contributed by atoms with Crippen molar-refractivity contribution < 1.29 is 9.53 Å². The Morgan fingerprint density at radius 2 is 2.27 bits per heavy atom. The first-order chi connectivity index (χ1) is 6.97. The van der Waals surface area contributed by atoms with Gasteiger partial charge in [-0.3, -0.25) is 4.79 Å². The van der Waals surface area contributed by atoms with Crippen LogP contribution in [-0.4, -0.2) is 12.6 Å². The topological polar surface area (TPSA) is 26.3 Å². The molecule has 0 radical (unpaired) electrons. The third kappa shape index (κ3) is 3.08. The van der Waals surface area contributed by atoms with Gasteiger partial charge in [0.05, 0.1) is 6.61 Å². The number of esters is 1. The highest BCUT2D eigenvalue weighted by molar-refractivity contribution is 5.65. The van der Waals surface area contributed by atoms with E-state index in [4.69, 9.17) is 4.74 Å². The molecule has 0 aromatic rings. The van der Waals surface area contributed by atoms with Gasteiger partial charge in [0.1, 0.15) is 0 Å². The van der Waals surface area contributed by atoms with E-state index >= 15 is 0 Å².